The van der Waals surface area contributed by atoms with Gasteiger partial charge in [0.05, 0.1) is 10.6 Å². The van der Waals surface area contributed by atoms with Crippen molar-refractivity contribution in [2.75, 3.05) is 6.54 Å². The lowest BCUT2D eigenvalue weighted by Gasteiger charge is -2.07. The van der Waals surface area contributed by atoms with Gasteiger partial charge in [-0.1, -0.05) is 11.6 Å². The minimum absolute atomic E-state index is 0.219. The van der Waals surface area contributed by atoms with Crippen molar-refractivity contribution in [1.29, 1.82) is 0 Å². The van der Waals surface area contributed by atoms with Gasteiger partial charge in [0.15, 0.2) is 0 Å². The van der Waals surface area contributed by atoms with Gasteiger partial charge in [-0.25, -0.2) is 13.1 Å². The average Bonchev–Trinajstić information content (AvgIpc) is 2.81. The first kappa shape index (κ1) is 15.0. The third kappa shape index (κ3) is 4.06. The molecule has 1 aromatic heterocycles. The highest BCUT2D eigenvalue weighted by molar-refractivity contribution is 7.89. The summed E-state index contributed by atoms with van der Waals surface area (Å²) < 4.78 is 28.3. The molecule has 2 aromatic rings. The normalized spacial score (nSPS) is 11.7. The molecule has 7 heteroatoms. The Morgan fingerprint density at radius 1 is 1.25 bits per heavy atom. The van der Waals surface area contributed by atoms with Crippen LogP contribution < -0.4 is 4.72 Å². The van der Waals surface area contributed by atoms with Crippen molar-refractivity contribution in [1.82, 2.24) is 14.5 Å². The van der Waals surface area contributed by atoms with Gasteiger partial charge in [0.25, 0.3) is 0 Å². The standard InChI is InChI=1S/C13H16ClN3O2S/c1-11-7-10-17(16-11)9-2-8-15-20(18,19)13-5-3-12(14)4-6-13/h3-7,10,15H,2,8-9H2,1H3. The number of nitrogens with one attached hydrogen (secondary N) is 1. The van der Waals surface area contributed by atoms with Crippen molar-refractivity contribution in [2.45, 2.75) is 24.8 Å². The van der Waals surface area contributed by atoms with Gasteiger partial charge in [-0.2, -0.15) is 5.10 Å². The Morgan fingerprint density at radius 2 is 1.95 bits per heavy atom. The van der Waals surface area contributed by atoms with Gasteiger partial charge in [0.2, 0.25) is 10.0 Å². The Labute approximate surface area is 123 Å². The first-order valence-corrected chi connectivity index (χ1v) is 8.09. The van der Waals surface area contributed by atoms with Crippen molar-refractivity contribution >= 4 is 21.6 Å². The first-order chi connectivity index (χ1) is 9.47. The van der Waals surface area contributed by atoms with Gasteiger partial charge in [0, 0.05) is 24.3 Å². The van der Waals surface area contributed by atoms with Crippen LogP contribution in [0, 0.1) is 6.92 Å². The Hall–Kier alpha value is -1.37. The summed E-state index contributed by atoms with van der Waals surface area (Å²) in [4.78, 5) is 0.219. The van der Waals surface area contributed by atoms with E-state index in [2.05, 4.69) is 9.82 Å². The number of aromatic nitrogens is 2. The molecule has 0 saturated carbocycles. The Kier molecular flexibility index (Phi) is 4.80. The molecule has 1 N–H and O–H groups in total. The van der Waals surface area contributed by atoms with Crippen LogP contribution in [0.25, 0.3) is 0 Å². The molecule has 0 atom stereocenters. The second kappa shape index (κ2) is 6.39. The van der Waals surface area contributed by atoms with E-state index in [1.54, 1.807) is 16.8 Å². The molecule has 0 bridgehead atoms. The zero-order valence-electron chi connectivity index (χ0n) is 11.1. The first-order valence-electron chi connectivity index (χ1n) is 6.23. The Morgan fingerprint density at radius 3 is 2.55 bits per heavy atom. The third-order valence-electron chi connectivity index (χ3n) is 2.75. The highest BCUT2D eigenvalue weighted by Crippen LogP contribution is 2.13. The maximum Gasteiger partial charge on any atom is 0.240 e. The van der Waals surface area contributed by atoms with Crippen molar-refractivity contribution in [3.8, 4) is 0 Å². The second-order valence-electron chi connectivity index (χ2n) is 4.43. The molecule has 0 saturated heterocycles. The minimum atomic E-state index is -3.46. The number of aryl methyl sites for hydroxylation is 2. The molecule has 0 fully saturated rings. The van der Waals surface area contributed by atoms with E-state index in [1.165, 1.54) is 12.1 Å². The van der Waals surface area contributed by atoms with E-state index in [9.17, 15) is 8.42 Å². The quantitative estimate of drug-likeness (QED) is 0.832. The van der Waals surface area contributed by atoms with E-state index in [1.807, 2.05) is 19.2 Å². The number of rotatable bonds is 6. The monoisotopic (exact) mass is 313 g/mol. The van der Waals surface area contributed by atoms with E-state index in [0.717, 1.165) is 5.69 Å². The molecule has 0 radical (unpaired) electrons. The Bertz CT molecular complexity index is 665. The fourth-order valence-corrected chi connectivity index (χ4v) is 2.93. The smallest absolute Gasteiger partial charge is 0.240 e. The molecule has 0 aliphatic heterocycles. The van der Waals surface area contributed by atoms with E-state index in [0.29, 0.717) is 24.5 Å². The topological polar surface area (TPSA) is 64.0 Å². The van der Waals surface area contributed by atoms with E-state index < -0.39 is 10.0 Å². The molecule has 5 nitrogen and oxygen atoms in total. The largest absolute Gasteiger partial charge is 0.272 e. The Balaban J connectivity index is 1.85. The van der Waals surface area contributed by atoms with Gasteiger partial charge in [-0.3, -0.25) is 4.68 Å². The zero-order chi connectivity index (χ0) is 14.6. The fraction of sp³-hybridized carbons (Fsp3) is 0.308. The molecule has 1 heterocycles. The zero-order valence-corrected chi connectivity index (χ0v) is 12.7. The number of sulfonamides is 1. The molecule has 0 spiro atoms. The van der Waals surface area contributed by atoms with E-state index >= 15 is 0 Å². The summed E-state index contributed by atoms with van der Waals surface area (Å²) in [5.41, 5.74) is 0.951. The molecular weight excluding hydrogens is 298 g/mol. The summed E-state index contributed by atoms with van der Waals surface area (Å²) in [6.45, 7) is 2.96. The lowest BCUT2D eigenvalue weighted by Crippen LogP contribution is -2.25. The summed E-state index contributed by atoms with van der Waals surface area (Å²) in [5, 5.41) is 4.75. The molecule has 1 aromatic carbocycles. The van der Waals surface area contributed by atoms with Crippen molar-refractivity contribution in [2.24, 2.45) is 0 Å². The number of benzene rings is 1. The SMILES string of the molecule is Cc1ccn(CCCNS(=O)(=O)c2ccc(Cl)cc2)n1. The van der Waals surface area contributed by atoms with Crippen LogP contribution in [0.2, 0.25) is 5.02 Å². The summed E-state index contributed by atoms with van der Waals surface area (Å²) in [6.07, 6.45) is 2.55. The predicted octanol–water partition coefficient (Wildman–Crippen LogP) is 2.21. The summed E-state index contributed by atoms with van der Waals surface area (Å²) >= 11 is 5.73. The summed E-state index contributed by atoms with van der Waals surface area (Å²) in [7, 11) is -3.46. The van der Waals surface area contributed by atoms with Crippen LogP contribution in [0.3, 0.4) is 0 Å². The number of halogens is 1. The maximum atomic E-state index is 12.0. The third-order valence-corrected chi connectivity index (χ3v) is 4.48. The molecule has 0 amide bonds. The number of hydrogen-bond donors (Lipinski definition) is 1. The van der Waals surface area contributed by atoms with Crippen molar-refractivity contribution in [3.63, 3.8) is 0 Å². The van der Waals surface area contributed by atoms with Crippen LogP contribution in [0.4, 0.5) is 0 Å². The van der Waals surface area contributed by atoms with E-state index in [4.69, 9.17) is 11.6 Å². The minimum Gasteiger partial charge on any atom is -0.272 e. The van der Waals surface area contributed by atoms with Gasteiger partial charge in [-0.15, -0.1) is 0 Å². The molecule has 0 unspecified atom stereocenters. The predicted molar refractivity (Wildman–Crippen MR) is 78.2 cm³/mol. The average molecular weight is 314 g/mol. The van der Waals surface area contributed by atoms with E-state index in [-0.39, 0.29) is 4.90 Å². The van der Waals surface area contributed by atoms with Gasteiger partial charge in [0.1, 0.15) is 0 Å². The lowest BCUT2D eigenvalue weighted by atomic mass is 10.4. The second-order valence-corrected chi connectivity index (χ2v) is 6.63. The van der Waals surface area contributed by atoms with Crippen LogP contribution in [-0.4, -0.2) is 24.7 Å². The van der Waals surface area contributed by atoms with Crippen molar-refractivity contribution < 1.29 is 8.42 Å². The van der Waals surface area contributed by atoms with Crippen LogP contribution in [0.1, 0.15) is 12.1 Å². The maximum absolute atomic E-state index is 12.0. The molecule has 0 aliphatic rings. The number of hydrogen-bond acceptors (Lipinski definition) is 3. The van der Waals surface area contributed by atoms with Gasteiger partial charge < -0.3 is 0 Å². The molecule has 2 rings (SSSR count). The molecule has 20 heavy (non-hydrogen) atoms. The fourth-order valence-electron chi connectivity index (χ4n) is 1.73. The highest BCUT2D eigenvalue weighted by atomic mass is 35.5. The molecular formula is C13H16ClN3O2S. The van der Waals surface area contributed by atoms with Crippen LogP contribution >= 0.6 is 11.6 Å². The lowest BCUT2D eigenvalue weighted by molar-refractivity contribution is 0.551. The number of nitrogens with zero attached hydrogens (tertiary/aromatic N) is 2. The van der Waals surface area contributed by atoms with Gasteiger partial charge >= 0.3 is 0 Å². The van der Waals surface area contributed by atoms with Crippen LogP contribution in [0.15, 0.2) is 41.4 Å². The van der Waals surface area contributed by atoms with Gasteiger partial charge in [-0.05, 0) is 43.7 Å². The van der Waals surface area contributed by atoms with Crippen LogP contribution in [0.5, 0.6) is 0 Å². The van der Waals surface area contributed by atoms with Crippen LogP contribution in [-0.2, 0) is 16.6 Å². The summed E-state index contributed by atoms with van der Waals surface area (Å²) in [6, 6.07) is 8.01. The highest BCUT2D eigenvalue weighted by Gasteiger charge is 2.12. The molecule has 0 aliphatic carbocycles. The molecule has 108 valence electrons. The van der Waals surface area contributed by atoms with Crippen molar-refractivity contribution in [3.05, 3.63) is 47.2 Å². The summed E-state index contributed by atoms with van der Waals surface area (Å²) in [5.74, 6) is 0.